The van der Waals surface area contributed by atoms with Gasteiger partial charge in [-0.15, -0.1) is 11.6 Å². The van der Waals surface area contributed by atoms with Crippen LogP contribution in [0, 0.1) is 5.82 Å². The molecule has 0 aromatic heterocycles. The molecule has 1 aromatic rings. The van der Waals surface area contributed by atoms with E-state index >= 15 is 0 Å². The summed E-state index contributed by atoms with van der Waals surface area (Å²) in [6, 6.07) is 6.37. The highest BCUT2D eigenvalue weighted by molar-refractivity contribution is 6.18. The summed E-state index contributed by atoms with van der Waals surface area (Å²) in [5.74, 6) is -0.176. The average Bonchev–Trinajstić information content (AvgIpc) is 2.20. The molecule has 1 rings (SSSR count). The highest BCUT2D eigenvalue weighted by atomic mass is 35.5. The zero-order valence-corrected chi connectivity index (χ0v) is 8.38. The van der Waals surface area contributed by atoms with E-state index in [4.69, 9.17) is 21.4 Å². The van der Waals surface area contributed by atoms with E-state index < -0.39 is 6.10 Å². The number of ether oxygens (including phenoxy) is 1. The molecule has 0 amide bonds. The van der Waals surface area contributed by atoms with E-state index in [-0.39, 0.29) is 24.9 Å². The van der Waals surface area contributed by atoms with Gasteiger partial charge in [0.15, 0.2) is 0 Å². The molecule has 2 nitrogen and oxygen atoms in total. The van der Waals surface area contributed by atoms with Crippen molar-refractivity contribution in [3.05, 3.63) is 35.6 Å². The van der Waals surface area contributed by atoms with Crippen molar-refractivity contribution < 1.29 is 14.2 Å². The van der Waals surface area contributed by atoms with Crippen molar-refractivity contribution in [2.24, 2.45) is 0 Å². The van der Waals surface area contributed by atoms with E-state index in [0.717, 1.165) is 0 Å². The molecule has 1 unspecified atom stereocenters. The second-order valence-corrected chi connectivity index (χ2v) is 3.22. The second kappa shape index (κ2) is 5.96. The molecular formula is C10H12ClFO2. The van der Waals surface area contributed by atoms with Crippen LogP contribution in [0.3, 0.4) is 0 Å². The van der Waals surface area contributed by atoms with E-state index in [1.54, 1.807) is 18.2 Å². The van der Waals surface area contributed by atoms with Crippen LogP contribution in [0.1, 0.15) is 5.56 Å². The lowest BCUT2D eigenvalue weighted by atomic mass is 10.2. The normalized spacial score (nSPS) is 12.8. The summed E-state index contributed by atoms with van der Waals surface area (Å²) < 4.78 is 18.1. The first-order valence-electron chi connectivity index (χ1n) is 4.29. The van der Waals surface area contributed by atoms with Gasteiger partial charge in [0.05, 0.1) is 25.2 Å². The van der Waals surface area contributed by atoms with Crippen molar-refractivity contribution in [2.75, 3.05) is 12.5 Å². The number of hydrogen-bond acceptors (Lipinski definition) is 2. The number of rotatable bonds is 5. The van der Waals surface area contributed by atoms with Crippen molar-refractivity contribution in [3.8, 4) is 0 Å². The number of hydrogen-bond donors (Lipinski definition) is 1. The SMILES string of the molecule is OC(CCl)COCc1ccccc1F. The molecule has 0 spiro atoms. The number of aliphatic hydroxyl groups excluding tert-OH is 1. The van der Waals surface area contributed by atoms with Crippen LogP contribution in [0.2, 0.25) is 0 Å². The summed E-state index contributed by atoms with van der Waals surface area (Å²) in [6.07, 6.45) is -0.691. The first kappa shape index (κ1) is 11.4. The molecule has 0 aliphatic rings. The van der Waals surface area contributed by atoms with Gasteiger partial charge < -0.3 is 9.84 Å². The number of halogens is 2. The maximum atomic E-state index is 13.0. The third-order valence-electron chi connectivity index (χ3n) is 1.70. The molecular weight excluding hydrogens is 207 g/mol. The number of alkyl halides is 1. The maximum absolute atomic E-state index is 13.0. The average molecular weight is 219 g/mol. The number of benzene rings is 1. The Morgan fingerprint density at radius 1 is 1.43 bits per heavy atom. The Hall–Kier alpha value is -0.640. The van der Waals surface area contributed by atoms with Crippen LogP contribution in [0.4, 0.5) is 4.39 Å². The van der Waals surface area contributed by atoms with Gasteiger partial charge in [-0.1, -0.05) is 18.2 Å². The van der Waals surface area contributed by atoms with Crippen molar-refractivity contribution >= 4 is 11.6 Å². The van der Waals surface area contributed by atoms with Crippen LogP contribution in [-0.2, 0) is 11.3 Å². The van der Waals surface area contributed by atoms with Crippen molar-refractivity contribution in [1.82, 2.24) is 0 Å². The molecule has 0 saturated carbocycles. The molecule has 1 N–H and O–H groups in total. The summed E-state index contributed by atoms with van der Waals surface area (Å²) >= 11 is 5.36. The fourth-order valence-corrected chi connectivity index (χ4v) is 1.05. The second-order valence-electron chi connectivity index (χ2n) is 2.91. The minimum atomic E-state index is -0.691. The Labute approximate surface area is 87.3 Å². The Morgan fingerprint density at radius 2 is 2.14 bits per heavy atom. The number of aliphatic hydroxyl groups is 1. The summed E-state index contributed by atoms with van der Waals surface area (Å²) in [7, 11) is 0. The first-order valence-corrected chi connectivity index (χ1v) is 4.82. The van der Waals surface area contributed by atoms with E-state index in [1.807, 2.05) is 0 Å². The van der Waals surface area contributed by atoms with Gasteiger partial charge in [0.2, 0.25) is 0 Å². The minimum Gasteiger partial charge on any atom is -0.389 e. The van der Waals surface area contributed by atoms with E-state index in [1.165, 1.54) is 6.07 Å². The predicted molar refractivity (Wildman–Crippen MR) is 52.8 cm³/mol. The molecule has 0 fully saturated rings. The largest absolute Gasteiger partial charge is 0.389 e. The zero-order valence-electron chi connectivity index (χ0n) is 7.62. The van der Waals surface area contributed by atoms with Crippen LogP contribution in [-0.4, -0.2) is 23.7 Å². The first-order chi connectivity index (χ1) is 6.74. The molecule has 0 aliphatic carbocycles. The third-order valence-corrected chi connectivity index (χ3v) is 2.06. The van der Waals surface area contributed by atoms with E-state index in [9.17, 15) is 4.39 Å². The molecule has 4 heteroatoms. The Balaban J connectivity index is 2.35. The molecule has 0 aliphatic heterocycles. The van der Waals surface area contributed by atoms with Gasteiger partial charge in [0, 0.05) is 5.56 Å². The predicted octanol–water partition coefficient (Wildman–Crippen LogP) is 1.94. The Bertz CT molecular complexity index is 281. The van der Waals surface area contributed by atoms with Crippen molar-refractivity contribution in [2.45, 2.75) is 12.7 Å². The van der Waals surface area contributed by atoms with Gasteiger partial charge in [-0.2, -0.15) is 0 Å². The quantitative estimate of drug-likeness (QED) is 0.766. The van der Waals surface area contributed by atoms with Crippen LogP contribution in [0.5, 0.6) is 0 Å². The molecule has 78 valence electrons. The molecule has 14 heavy (non-hydrogen) atoms. The Kier molecular flexibility index (Phi) is 4.87. The third kappa shape index (κ3) is 3.62. The lowest BCUT2D eigenvalue weighted by molar-refractivity contribution is 0.0381. The standard InChI is InChI=1S/C10H12ClFO2/c11-5-9(13)7-14-6-8-3-1-2-4-10(8)12/h1-4,9,13H,5-7H2. The maximum Gasteiger partial charge on any atom is 0.128 e. The summed E-state index contributed by atoms with van der Waals surface area (Å²) in [5.41, 5.74) is 0.481. The highest BCUT2D eigenvalue weighted by Crippen LogP contribution is 2.07. The summed E-state index contributed by atoms with van der Waals surface area (Å²) in [4.78, 5) is 0. The van der Waals surface area contributed by atoms with Crippen molar-refractivity contribution in [1.29, 1.82) is 0 Å². The van der Waals surface area contributed by atoms with Gasteiger partial charge in [-0.25, -0.2) is 4.39 Å². The van der Waals surface area contributed by atoms with Crippen LogP contribution < -0.4 is 0 Å². The Morgan fingerprint density at radius 3 is 2.79 bits per heavy atom. The van der Waals surface area contributed by atoms with Crippen LogP contribution in [0.15, 0.2) is 24.3 Å². The van der Waals surface area contributed by atoms with E-state index in [2.05, 4.69) is 0 Å². The van der Waals surface area contributed by atoms with Gasteiger partial charge in [0.1, 0.15) is 5.82 Å². The zero-order chi connectivity index (χ0) is 10.4. The van der Waals surface area contributed by atoms with Crippen molar-refractivity contribution in [3.63, 3.8) is 0 Å². The lowest BCUT2D eigenvalue weighted by Crippen LogP contribution is -2.16. The van der Waals surface area contributed by atoms with Gasteiger partial charge >= 0.3 is 0 Å². The van der Waals surface area contributed by atoms with E-state index in [0.29, 0.717) is 5.56 Å². The lowest BCUT2D eigenvalue weighted by Gasteiger charge is -2.08. The van der Waals surface area contributed by atoms with Gasteiger partial charge in [-0.05, 0) is 6.07 Å². The van der Waals surface area contributed by atoms with Crippen LogP contribution >= 0.6 is 11.6 Å². The highest BCUT2D eigenvalue weighted by Gasteiger charge is 2.04. The summed E-state index contributed by atoms with van der Waals surface area (Å²) in [6.45, 7) is 0.276. The fraction of sp³-hybridized carbons (Fsp3) is 0.400. The van der Waals surface area contributed by atoms with Crippen LogP contribution in [0.25, 0.3) is 0 Å². The molecule has 0 radical (unpaired) electrons. The summed E-state index contributed by atoms with van der Waals surface area (Å²) in [5, 5.41) is 9.05. The minimum absolute atomic E-state index is 0.122. The molecule has 1 atom stereocenters. The van der Waals surface area contributed by atoms with Gasteiger partial charge in [0.25, 0.3) is 0 Å². The molecule has 1 aromatic carbocycles. The smallest absolute Gasteiger partial charge is 0.128 e. The fourth-order valence-electron chi connectivity index (χ4n) is 0.965. The topological polar surface area (TPSA) is 29.5 Å². The molecule has 0 saturated heterocycles. The monoisotopic (exact) mass is 218 g/mol. The van der Waals surface area contributed by atoms with Gasteiger partial charge in [-0.3, -0.25) is 0 Å². The molecule has 0 bridgehead atoms. The molecule has 0 heterocycles.